The Balaban J connectivity index is 1.78. The van der Waals surface area contributed by atoms with Gasteiger partial charge in [0.25, 0.3) is 0 Å². The molecule has 0 bridgehead atoms. The van der Waals surface area contributed by atoms with E-state index in [1.54, 1.807) is 6.92 Å². The van der Waals surface area contributed by atoms with Gasteiger partial charge < -0.3 is 10.6 Å². The van der Waals surface area contributed by atoms with E-state index < -0.39 is 11.3 Å². The van der Waals surface area contributed by atoms with Crippen molar-refractivity contribution in [2.45, 2.75) is 45.6 Å². The van der Waals surface area contributed by atoms with Gasteiger partial charge in [-0.2, -0.15) is 0 Å². The molecule has 0 radical (unpaired) electrons. The topological polar surface area (TPSA) is 41.1 Å². The molecule has 2 fully saturated rings. The summed E-state index contributed by atoms with van der Waals surface area (Å²) < 4.78 is 25.6. The lowest BCUT2D eigenvalue weighted by atomic mass is 9.67. The Morgan fingerprint density at radius 3 is 2.29 bits per heavy atom. The third-order valence-corrected chi connectivity index (χ3v) is 3.87. The minimum atomic E-state index is -2.53. The molecule has 3 nitrogen and oxygen atoms in total. The van der Waals surface area contributed by atoms with E-state index >= 15 is 0 Å². The van der Waals surface area contributed by atoms with Crippen molar-refractivity contribution < 1.29 is 13.6 Å². The van der Waals surface area contributed by atoms with Crippen molar-refractivity contribution in [3.63, 3.8) is 0 Å². The van der Waals surface area contributed by atoms with Crippen LogP contribution in [0.25, 0.3) is 0 Å². The summed E-state index contributed by atoms with van der Waals surface area (Å²) >= 11 is 0. The van der Waals surface area contributed by atoms with Gasteiger partial charge in [-0.1, -0.05) is 20.8 Å². The van der Waals surface area contributed by atoms with Gasteiger partial charge >= 0.3 is 0 Å². The number of alkyl halides is 2. The van der Waals surface area contributed by atoms with Crippen LogP contribution in [0.1, 0.15) is 33.6 Å². The second-order valence-electron chi connectivity index (χ2n) is 6.54. The molecule has 0 aromatic heterocycles. The summed E-state index contributed by atoms with van der Waals surface area (Å²) in [6.07, 6.45) is -0.246. The SMILES string of the molecule is CC1(CNC(=O)C2NCC2(C)C)CC(F)(F)C1. The van der Waals surface area contributed by atoms with Gasteiger partial charge in [0.2, 0.25) is 11.8 Å². The van der Waals surface area contributed by atoms with Gasteiger partial charge in [0, 0.05) is 31.3 Å². The molecule has 1 saturated carbocycles. The van der Waals surface area contributed by atoms with Crippen molar-refractivity contribution in [1.82, 2.24) is 10.6 Å². The Labute approximate surface area is 100 Å². The number of rotatable bonds is 3. The average molecular weight is 246 g/mol. The van der Waals surface area contributed by atoms with E-state index in [0.29, 0.717) is 6.54 Å². The first-order valence-corrected chi connectivity index (χ1v) is 6.03. The van der Waals surface area contributed by atoms with Crippen LogP contribution in [0.2, 0.25) is 0 Å². The fraction of sp³-hybridized carbons (Fsp3) is 0.917. The first-order valence-electron chi connectivity index (χ1n) is 6.03. The Hall–Kier alpha value is -0.710. The second-order valence-corrected chi connectivity index (χ2v) is 6.54. The highest BCUT2D eigenvalue weighted by atomic mass is 19.3. The van der Waals surface area contributed by atoms with E-state index in [9.17, 15) is 13.6 Å². The quantitative estimate of drug-likeness (QED) is 0.793. The highest BCUT2D eigenvalue weighted by molar-refractivity contribution is 5.83. The fourth-order valence-corrected chi connectivity index (χ4v) is 2.78. The van der Waals surface area contributed by atoms with Crippen molar-refractivity contribution in [2.75, 3.05) is 13.1 Å². The van der Waals surface area contributed by atoms with Crippen LogP contribution in [0.3, 0.4) is 0 Å². The highest BCUT2D eigenvalue weighted by Gasteiger charge is 2.54. The van der Waals surface area contributed by atoms with Crippen LogP contribution in [-0.4, -0.2) is 31.0 Å². The molecule has 1 unspecified atom stereocenters. The monoisotopic (exact) mass is 246 g/mol. The van der Waals surface area contributed by atoms with Gasteiger partial charge in [0.15, 0.2) is 0 Å². The number of hydrogen-bond donors (Lipinski definition) is 2. The van der Waals surface area contributed by atoms with E-state index in [-0.39, 0.29) is 30.2 Å². The van der Waals surface area contributed by atoms with E-state index in [1.165, 1.54) is 0 Å². The lowest BCUT2D eigenvalue weighted by molar-refractivity contribution is -0.156. The highest BCUT2D eigenvalue weighted by Crippen LogP contribution is 2.51. The molecule has 1 aliphatic carbocycles. The number of halogens is 2. The summed E-state index contributed by atoms with van der Waals surface area (Å²) in [7, 11) is 0. The molecule has 0 aromatic rings. The van der Waals surface area contributed by atoms with Gasteiger partial charge in [-0.15, -0.1) is 0 Å². The largest absolute Gasteiger partial charge is 0.354 e. The van der Waals surface area contributed by atoms with Gasteiger partial charge in [0.1, 0.15) is 0 Å². The Bertz CT molecular complexity index is 333. The van der Waals surface area contributed by atoms with Crippen LogP contribution in [0.4, 0.5) is 8.78 Å². The van der Waals surface area contributed by atoms with Crippen LogP contribution in [-0.2, 0) is 4.79 Å². The zero-order chi connectivity index (χ0) is 12.9. The van der Waals surface area contributed by atoms with E-state index in [4.69, 9.17) is 0 Å². The molecule has 1 saturated heterocycles. The molecule has 1 aliphatic heterocycles. The van der Waals surface area contributed by atoms with Crippen molar-refractivity contribution in [2.24, 2.45) is 10.8 Å². The molecule has 17 heavy (non-hydrogen) atoms. The van der Waals surface area contributed by atoms with Crippen molar-refractivity contribution in [1.29, 1.82) is 0 Å². The molecular weight excluding hydrogens is 226 g/mol. The lowest BCUT2D eigenvalue weighted by Gasteiger charge is -2.47. The maximum absolute atomic E-state index is 12.8. The van der Waals surface area contributed by atoms with Crippen LogP contribution in [0.5, 0.6) is 0 Å². The normalized spacial score (nSPS) is 32.2. The third kappa shape index (κ3) is 2.44. The standard InChI is InChI=1S/C12H20F2N2O/c1-10(2)6-15-8(10)9(17)16-7-11(3)4-12(13,14)5-11/h8,15H,4-7H2,1-3H3,(H,16,17). The van der Waals surface area contributed by atoms with Gasteiger partial charge in [0.05, 0.1) is 6.04 Å². The predicted octanol–water partition coefficient (Wildman–Crippen LogP) is 1.54. The van der Waals surface area contributed by atoms with Crippen LogP contribution in [0, 0.1) is 10.8 Å². The maximum atomic E-state index is 12.8. The summed E-state index contributed by atoms with van der Waals surface area (Å²) in [5.74, 6) is -2.61. The Morgan fingerprint density at radius 1 is 1.35 bits per heavy atom. The molecule has 2 N–H and O–H groups in total. The lowest BCUT2D eigenvalue weighted by Crippen LogP contribution is -2.66. The number of carbonyl (C=O) groups excluding carboxylic acids is 1. The number of nitrogens with one attached hydrogen (secondary N) is 2. The Kier molecular flexibility index (Phi) is 2.73. The Morgan fingerprint density at radius 2 is 1.94 bits per heavy atom. The van der Waals surface area contributed by atoms with Crippen LogP contribution >= 0.6 is 0 Å². The molecule has 1 atom stereocenters. The van der Waals surface area contributed by atoms with Crippen LogP contribution < -0.4 is 10.6 Å². The molecule has 1 amide bonds. The summed E-state index contributed by atoms with van der Waals surface area (Å²) in [4.78, 5) is 11.8. The zero-order valence-electron chi connectivity index (χ0n) is 10.6. The fourth-order valence-electron chi connectivity index (χ4n) is 2.78. The molecule has 2 aliphatic rings. The van der Waals surface area contributed by atoms with Crippen molar-refractivity contribution in [3.05, 3.63) is 0 Å². The minimum absolute atomic E-state index is 0.0332. The van der Waals surface area contributed by atoms with Crippen molar-refractivity contribution >= 4 is 5.91 Å². The van der Waals surface area contributed by atoms with E-state index in [1.807, 2.05) is 13.8 Å². The molecule has 2 rings (SSSR count). The maximum Gasteiger partial charge on any atom is 0.249 e. The number of carbonyl (C=O) groups is 1. The summed E-state index contributed by atoms with van der Waals surface area (Å²) in [5, 5.41) is 5.85. The number of amides is 1. The summed E-state index contributed by atoms with van der Waals surface area (Å²) in [5.41, 5.74) is -0.471. The van der Waals surface area contributed by atoms with Crippen LogP contribution in [0.15, 0.2) is 0 Å². The second kappa shape index (κ2) is 3.64. The van der Waals surface area contributed by atoms with Crippen molar-refractivity contribution in [3.8, 4) is 0 Å². The molecule has 0 aromatic carbocycles. The molecule has 0 spiro atoms. The van der Waals surface area contributed by atoms with E-state index in [2.05, 4.69) is 10.6 Å². The molecule has 5 heteroatoms. The first kappa shape index (κ1) is 12.7. The van der Waals surface area contributed by atoms with Gasteiger partial charge in [-0.05, 0) is 5.41 Å². The third-order valence-electron chi connectivity index (χ3n) is 3.87. The predicted molar refractivity (Wildman–Crippen MR) is 60.9 cm³/mol. The average Bonchev–Trinajstić information content (AvgIpc) is 2.10. The molecule has 1 heterocycles. The zero-order valence-corrected chi connectivity index (χ0v) is 10.6. The first-order chi connectivity index (χ1) is 7.64. The smallest absolute Gasteiger partial charge is 0.249 e. The number of hydrogen-bond acceptors (Lipinski definition) is 2. The summed E-state index contributed by atoms with van der Waals surface area (Å²) in [6.45, 7) is 7.00. The minimum Gasteiger partial charge on any atom is -0.354 e. The molecule has 98 valence electrons. The van der Waals surface area contributed by atoms with E-state index in [0.717, 1.165) is 6.54 Å². The molecular formula is C12H20F2N2O. The van der Waals surface area contributed by atoms with Gasteiger partial charge in [-0.3, -0.25) is 4.79 Å². The summed E-state index contributed by atoms with van der Waals surface area (Å²) in [6, 6.07) is -0.188. The van der Waals surface area contributed by atoms with Gasteiger partial charge in [-0.25, -0.2) is 8.78 Å².